The molecule has 4 nitrogen and oxygen atoms in total. The standard InChI is InChI=1S/C11H14N4/c12-6-2-4-10-3-1-5-11(7-10)15-9-13-8-14-15/h1,3,5,7-9H,2,4,6,12H2. The molecule has 0 amide bonds. The van der Waals surface area contributed by atoms with Crippen LogP contribution in [0.4, 0.5) is 0 Å². The lowest BCUT2D eigenvalue weighted by atomic mass is 10.1. The largest absolute Gasteiger partial charge is 0.330 e. The third-order valence-corrected chi connectivity index (χ3v) is 2.26. The monoisotopic (exact) mass is 202 g/mol. The highest BCUT2D eigenvalue weighted by Gasteiger charge is 1.98. The van der Waals surface area contributed by atoms with E-state index < -0.39 is 0 Å². The van der Waals surface area contributed by atoms with Crippen molar-refractivity contribution in [1.82, 2.24) is 14.8 Å². The Balaban J connectivity index is 2.19. The Labute approximate surface area is 88.8 Å². The van der Waals surface area contributed by atoms with Crippen molar-refractivity contribution in [3.8, 4) is 5.69 Å². The van der Waals surface area contributed by atoms with Crippen LogP contribution < -0.4 is 5.73 Å². The molecule has 78 valence electrons. The summed E-state index contributed by atoms with van der Waals surface area (Å²) in [6.07, 6.45) is 5.26. The van der Waals surface area contributed by atoms with Crippen LogP contribution in [0.1, 0.15) is 12.0 Å². The molecule has 1 heterocycles. The van der Waals surface area contributed by atoms with Gasteiger partial charge in [-0.1, -0.05) is 12.1 Å². The maximum Gasteiger partial charge on any atom is 0.138 e. The van der Waals surface area contributed by atoms with Crippen molar-refractivity contribution in [2.24, 2.45) is 5.73 Å². The van der Waals surface area contributed by atoms with Crippen LogP contribution in [0.15, 0.2) is 36.9 Å². The molecular weight excluding hydrogens is 188 g/mol. The smallest absolute Gasteiger partial charge is 0.138 e. The predicted molar refractivity (Wildman–Crippen MR) is 58.7 cm³/mol. The number of benzene rings is 1. The molecule has 2 rings (SSSR count). The van der Waals surface area contributed by atoms with E-state index in [2.05, 4.69) is 22.2 Å². The van der Waals surface area contributed by atoms with Crippen LogP contribution in [0, 0.1) is 0 Å². The number of nitrogens with two attached hydrogens (primary N) is 1. The molecule has 0 unspecified atom stereocenters. The summed E-state index contributed by atoms with van der Waals surface area (Å²) < 4.78 is 1.76. The van der Waals surface area contributed by atoms with E-state index in [-0.39, 0.29) is 0 Å². The van der Waals surface area contributed by atoms with E-state index in [1.807, 2.05) is 12.1 Å². The van der Waals surface area contributed by atoms with Gasteiger partial charge in [-0.2, -0.15) is 5.10 Å². The number of rotatable bonds is 4. The quantitative estimate of drug-likeness (QED) is 0.809. The van der Waals surface area contributed by atoms with E-state index in [0.29, 0.717) is 0 Å². The van der Waals surface area contributed by atoms with E-state index in [0.717, 1.165) is 25.1 Å². The van der Waals surface area contributed by atoms with Gasteiger partial charge in [0.1, 0.15) is 12.7 Å². The zero-order chi connectivity index (χ0) is 10.5. The lowest BCUT2D eigenvalue weighted by Gasteiger charge is -2.03. The molecule has 2 N–H and O–H groups in total. The van der Waals surface area contributed by atoms with Crippen molar-refractivity contribution >= 4 is 0 Å². The second kappa shape index (κ2) is 4.70. The van der Waals surface area contributed by atoms with Gasteiger partial charge in [0.2, 0.25) is 0 Å². The highest BCUT2D eigenvalue weighted by atomic mass is 15.3. The Kier molecular flexibility index (Phi) is 3.09. The third kappa shape index (κ3) is 2.41. The van der Waals surface area contributed by atoms with Crippen LogP contribution in [-0.4, -0.2) is 21.3 Å². The topological polar surface area (TPSA) is 56.7 Å². The zero-order valence-corrected chi connectivity index (χ0v) is 8.50. The normalized spacial score (nSPS) is 10.5. The Bertz CT molecular complexity index is 408. The first-order valence-corrected chi connectivity index (χ1v) is 5.04. The van der Waals surface area contributed by atoms with Crippen LogP contribution in [-0.2, 0) is 6.42 Å². The summed E-state index contributed by atoms with van der Waals surface area (Å²) in [5.74, 6) is 0. The molecule has 0 bridgehead atoms. The maximum absolute atomic E-state index is 5.48. The fourth-order valence-electron chi connectivity index (χ4n) is 1.50. The average molecular weight is 202 g/mol. The zero-order valence-electron chi connectivity index (χ0n) is 8.50. The lowest BCUT2D eigenvalue weighted by molar-refractivity contribution is 0.825. The number of hydrogen-bond donors (Lipinski definition) is 1. The Morgan fingerprint density at radius 2 is 2.27 bits per heavy atom. The molecule has 15 heavy (non-hydrogen) atoms. The summed E-state index contributed by atoms with van der Waals surface area (Å²) in [7, 11) is 0. The molecule has 0 aliphatic heterocycles. The molecule has 0 spiro atoms. The summed E-state index contributed by atoms with van der Waals surface area (Å²) in [5.41, 5.74) is 7.81. The van der Waals surface area contributed by atoms with Gasteiger partial charge in [-0.25, -0.2) is 9.67 Å². The maximum atomic E-state index is 5.48. The molecule has 0 aliphatic carbocycles. The van der Waals surface area contributed by atoms with Gasteiger partial charge < -0.3 is 5.73 Å². The number of nitrogens with zero attached hydrogens (tertiary/aromatic N) is 3. The summed E-state index contributed by atoms with van der Waals surface area (Å²) in [6.45, 7) is 0.730. The number of aromatic nitrogens is 3. The predicted octanol–water partition coefficient (Wildman–Crippen LogP) is 1.16. The summed E-state index contributed by atoms with van der Waals surface area (Å²) in [5, 5.41) is 4.09. The molecule has 0 saturated heterocycles. The van der Waals surface area contributed by atoms with Gasteiger partial charge in [0, 0.05) is 0 Å². The Morgan fingerprint density at radius 1 is 1.33 bits per heavy atom. The summed E-state index contributed by atoms with van der Waals surface area (Å²) in [6, 6.07) is 8.27. The molecule has 1 aromatic carbocycles. The van der Waals surface area contributed by atoms with Gasteiger partial charge in [0.15, 0.2) is 0 Å². The minimum atomic E-state index is 0.730. The first kappa shape index (κ1) is 9.86. The SMILES string of the molecule is NCCCc1cccc(-n2cncn2)c1. The average Bonchev–Trinajstić information content (AvgIpc) is 2.80. The van der Waals surface area contributed by atoms with Gasteiger partial charge in [-0.3, -0.25) is 0 Å². The van der Waals surface area contributed by atoms with E-state index in [1.165, 1.54) is 11.9 Å². The fourth-order valence-corrected chi connectivity index (χ4v) is 1.50. The third-order valence-electron chi connectivity index (χ3n) is 2.26. The van der Waals surface area contributed by atoms with Gasteiger partial charge in [-0.15, -0.1) is 0 Å². The van der Waals surface area contributed by atoms with E-state index >= 15 is 0 Å². The van der Waals surface area contributed by atoms with Crippen molar-refractivity contribution < 1.29 is 0 Å². The Hall–Kier alpha value is -1.68. The summed E-state index contributed by atoms with van der Waals surface area (Å²) in [4.78, 5) is 3.92. The molecule has 2 aromatic rings. The first-order valence-electron chi connectivity index (χ1n) is 5.04. The highest BCUT2D eigenvalue weighted by molar-refractivity contribution is 5.34. The second-order valence-corrected chi connectivity index (χ2v) is 3.40. The van der Waals surface area contributed by atoms with Crippen LogP contribution in [0.2, 0.25) is 0 Å². The molecule has 0 aliphatic rings. The fraction of sp³-hybridized carbons (Fsp3) is 0.273. The van der Waals surface area contributed by atoms with Gasteiger partial charge in [-0.05, 0) is 37.1 Å². The second-order valence-electron chi connectivity index (χ2n) is 3.40. The van der Waals surface area contributed by atoms with E-state index in [1.54, 1.807) is 11.0 Å². The molecule has 0 radical (unpaired) electrons. The molecular formula is C11H14N4. The van der Waals surface area contributed by atoms with Gasteiger partial charge in [0.05, 0.1) is 5.69 Å². The van der Waals surface area contributed by atoms with Crippen molar-refractivity contribution in [3.05, 3.63) is 42.5 Å². The molecule has 0 fully saturated rings. The van der Waals surface area contributed by atoms with E-state index in [4.69, 9.17) is 5.73 Å². The van der Waals surface area contributed by atoms with Crippen molar-refractivity contribution in [3.63, 3.8) is 0 Å². The lowest BCUT2D eigenvalue weighted by Crippen LogP contribution is -2.01. The minimum absolute atomic E-state index is 0.730. The van der Waals surface area contributed by atoms with Crippen LogP contribution in [0.5, 0.6) is 0 Å². The van der Waals surface area contributed by atoms with Crippen LogP contribution in [0.25, 0.3) is 5.69 Å². The van der Waals surface area contributed by atoms with Crippen LogP contribution >= 0.6 is 0 Å². The molecule has 0 saturated carbocycles. The Morgan fingerprint density at radius 3 is 3.00 bits per heavy atom. The van der Waals surface area contributed by atoms with Gasteiger partial charge >= 0.3 is 0 Å². The molecule has 0 atom stereocenters. The minimum Gasteiger partial charge on any atom is -0.330 e. The summed E-state index contributed by atoms with van der Waals surface area (Å²) >= 11 is 0. The first-order chi connectivity index (χ1) is 7.40. The highest BCUT2D eigenvalue weighted by Crippen LogP contribution is 2.10. The number of aryl methyl sites for hydroxylation is 1. The molecule has 4 heteroatoms. The van der Waals surface area contributed by atoms with Gasteiger partial charge in [0.25, 0.3) is 0 Å². The van der Waals surface area contributed by atoms with E-state index in [9.17, 15) is 0 Å². The number of hydrogen-bond acceptors (Lipinski definition) is 3. The molecule has 1 aromatic heterocycles. The van der Waals surface area contributed by atoms with Crippen molar-refractivity contribution in [1.29, 1.82) is 0 Å². The van der Waals surface area contributed by atoms with Crippen molar-refractivity contribution in [2.75, 3.05) is 6.54 Å². The van der Waals surface area contributed by atoms with Crippen LogP contribution in [0.3, 0.4) is 0 Å². The van der Waals surface area contributed by atoms with Crippen molar-refractivity contribution in [2.45, 2.75) is 12.8 Å².